The van der Waals surface area contributed by atoms with Crippen LogP contribution in [-0.2, 0) is 4.79 Å². The average Bonchev–Trinajstić information content (AvgIpc) is 2.32. The molecule has 3 atom stereocenters. The van der Waals surface area contributed by atoms with Crippen LogP contribution in [0.5, 0.6) is 0 Å². The van der Waals surface area contributed by atoms with E-state index in [-0.39, 0.29) is 17.8 Å². The Labute approximate surface area is 65.9 Å². The molecule has 3 unspecified atom stereocenters. The molecule has 0 aromatic heterocycles. The van der Waals surface area contributed by atoms with Crippen LogP contribution >= 0.6 is 0 Å². The fourth-order valence-corrected chi connectivity index (χ4v) is 2.09. The van der Waals surface area contributed by atoms with Crippen LogP contribution < -0.4 is 0 Å². The second-order valence-electron chi connectivity index (χ2n) is 3.50. The Kier molecular flexibility index (Phi) is 1.57. The Balaban J connectivity index is 2.11. The third-order valence-corrected chi connectivity index (χ3v) is 2.75. The predicted octanol–water partition coefficient (Wildman–Crippen LogP) is 0.902. The van der Waals surface area contributed by atoms with Gasteiger partial charge in [-0.15, -0.1) is 0 Å². The first-order chi connectivity index (χ1) is 5.27. The molecule has 2 aliphatic rings. The zero-order chi connectivity index (χ0) is 7.84. The Morgan fingerprint density at radius 3 is 3.09 bits per heavy atom. The first-order valence-electron chi connectivity index (χ1n) is 4.17. The van der Waals surface area contributed by atoms with Crippen LogP contribution in [0.25, 0.3) is 0 Å². The molecule has 1 fully saturated rings. The van der Waals surface area contributed by atoms with Crippen molar-refractivity contribution in [3.8, 4) is 0 Å². The van der Waals surface area contributed by atoms with Crippen LogP contribution in [-0.4, -0.2) is 17.0 Å². The van der Waals surface area contributed by atoms with Crippen LogP contribution in [0.2, 0.25) is 0 Å². The summed E-state index contributed by atoms with van der Waals surface area (Å²) in [5.41, 5.74) is 0. The zero-order valence-electron chi connectivity index (χ0n) is 6.36. The van der Waals surface area contributed by atoms with E-state index in [0.29, 0.717) is 5.92 Å². The molecular weight excluding hydrogens is 140 g/mol. The number of ketones is 1. The van der Waals surface area contributed by atoms with Gasteiger partial charge in [-0.05, 0) is 31.3 Å². The van der Waals surface area contributed by atoms with Crippen molar-refractivity contribution in [1.82, 2.24) is 0 Å². The Bertz CT molecular complexity index is 208. The van der Waals surface area contributed by atoms with E-state index in [0.717, 1.165) is 19.3 Å². The van der Waals surface area contributed by atoms with Gasteiger partial charge >= 0.3 is 0 Å². The molecule has 1 N–H and O–H groups in total. The van der Waals surface area contributed by atoms with E-state index < -0.39 is 0 Å². The minimum Gasteiger partial charge on any atom is -0.393 e. The highest BCUT2D eigenvalue weighted by molar-refractivity contribution is 5.94. The van der Waals surface area contributed by atoms with Gasteiger partial charge in [0.15, 0.2) is 5.78 Å². The molecule has 0 amide bonds. The lowest BCUT2D eigenvalue weighted by Gasteiger charge is -2.27. The number of fused-ring (bicyclic) bond motifs is 1. The number of aliphatic hydroxyl groups excluding tert-OH is 1. The maximum atomic E-state index is 11.1. The molecule has 0 radical (unpaired) electrons. The lowest BCUT2D eigenvalue weighted by molar-refractivity contribution is -0.119. The SMILES string of the molecule is O=C1C=CC2CC(O)CCC12. The second kappa shape index (κ2) is 2.45. The molecule has 0 aromatic rings. The summed E-state index contributed by atoms with van der Waals surface area (Å²) in [5, 5.41) is 9.30. The van der Waals surface area contributed by atoms with E-state index >= 15 is 0 Å². The number of carbonyl (C=O) groups is 1. The van der Waals surface area contributed by atoms with Gasteiger partial charge in [0.25, 0.3) is 0 Å². The van der Waals surface area contributed by atoms with Crippen molar-refractivity contribution >= 4 is 5.78 Å². The van der Waals surface area contributed by atoms with Crippen LogP contribution in [0, 0.1) is 11.8 Å². The average molecular weight is 152 g/mol. The monoisotopic (exact) mass is 152 g/mol. The van der Waals surface area contributed by atoms with E-state index in [9.17, 15) is 9.90 Å². The standard InChI is InChI=1S/C9H12O2/c10-7-2-3-8-6(5-7)1-4-9(8)11/h1,4,6-8,10H,2-3,5H2. The summed E-state index contributed by atoms with van der Waals surface area (Å²) in [6.45, 7) is 0. The van der Waals surface area contributed by atoms with Gasteiger partial charge in [0.2, 0.25) is 0 Å². The molecule has 2 aliphatic carbocycles. The minimum atomic E-state index is -0.174. The van der Waals surface area contributed by atoms with Crippen molar-refractivity contribution in [3.63, 3.8) is 0 Å². The van der Waals surface area contributed by atoms with Crippen LogP contribution in [0.1, 0.15) is 19.3 Å². The highest BCUT2D eigenvalue weighted by Crippen LogP contribution is 2.35. The molecule has 11 heavy (non-hydrogen) atoms. The maximum Gasteiger partial charge on any atom is 0.159 e. The topological polar surface area (TPSA) is 37.3 Å². The summed E-state index contributed by atoms with van der Waals surface area (Å²) in [4.78, 5) is 11.1. The number of carbonyl (C=O) groups excluding carboxylic acids is 1. The van der Waals surface area contributed by atoms with Crippen molar-refractivity contribution in [2.24, 2.45) is 11.8 Å². The molecule has 2 rings (SSSR count). The number of rotatable bonds is 0. The highest BCUT2D eigenvalue weighted by Gasteiger charge is 2.34. The largest absolute Gasteiger partial charge is 0.393 e. The van der Waals surface area contributed by atoms with Gasteiger partial charge < -0.3 is 5.11 Å². The molecule has 0 heterocycles. The molecule has 0 spiro atoms. The van der Waals surface area contributed by atoms with Crippen LogP contribution in [0.3, 0.4) is 0 Å². The molecule has 0 saturated heterocycles. The van der Waals surface area contributed by atoms with Crippen molar-refractivity contribution in [3.05, 3.63) is 12.2 Å². The number of hydrogen-bond acceptors (Lipinski definition) is 2. The van der Waals surface area contributed by atoms with Crippen molar-refractivity contribution in [2.45, 2.75) is 25.4 Å². The van der Waals surface area contributed by atoms with Gasteiger partial charge in [-0.25, -0.2) is 0 Å². The predicted molar refractivity (Wildman–Crippen MR) is 41.0 cm³/mol. The highest BCUT2D eigenvalue weighted by atomic mass is 16.3. The van der Waals surface area contributed by atoms with Crippen LogP contribution in [0.15, 0.2) is 12.2 Å². The van der Waals surface area contributed by atoms with Gasteiger partial charge in [-0.1, -0.05) is 6.08 Å². The molecule has 0 aromatic carbocycles. The van der Waals surface area contributed by atoms with E-state index in [4.69, 9.17) is 0 Å². The molecule has 0 aliphatic heterocycles. The smallest absolute Gasteiger partial charge is 0.159 e. The van der Waals surface area contributed by atoms with Crippen molar-refractivity contribution < 1.29 is 9.90 Å². The fourth-order valence-electron chi connectivity index (χ4n) is 2.09. The lowest BCUT2D eigenvalue weighted by Crippen LogP contribution is -2.27. The molecular formula is C9H12O2. The second-order valence-corrected chi connectivity index (χ2v) is 3.50. The van der Waals surface area contributed by atoms with Gasteiger partial charge in [0.05, 0.1) is 6.10 Å². The van der Waals surface area contributed by atoms with Crippen LogP contribution in [0.4, 0.5) is 0 Å². The summed E-state index contributed by atoms with van der Waals surface area (Å²) in [6.07, 6.45) is 5.91. The summed E-state index contributed by atoms with van der Waals surface area (Å²) in [6, 6.07) is 0. The summed E-state index contributed by atoms with van der Waals surface area (Å²) >= 11 is 0. The first-order valence-corrected chi connectivity index (χ1v) is 4.17. The van der Waals surface area contributed by atoms with Crippen molar-refractivity contribution in [1.29, 1.82) is 0 Å². The third kappa shape index (κ3) is 1.11. The Morgan fingerprint density at radius 2 is 2.27 bits per heavy atom. The summed E-state index contributed by atoms with van der Waals surface area (Å²) in [5.74, 6) is 0.812. The molecule has 2 heteroatoms. The molecule has 1 saturated carbocycles. The summed E-state index contributed by atoms with van der Waals surface area (Å²) in [7, 11) is 0. The van der Waals surface area contributed by atoms with Gasteiger partial charge in [0, 0.05) is 5.92 Å². The minimum absolute atomic E-state index is 0.174. The fraction of sp³-hybridized carbons (Fsp3) is 0.667. The number of allylic oxidation sites excluding steroid dienone is 2. The van der Waals surface area contributed by atoms with Crippen molar-refractivity contribution in [2.75, 3.05) is 0 Å². The quantitative estimate of drug-likeness (QED) is 0.560. The normalized spacial score (nSPS) is 42.6. The number of hydrogen-bond donors (Lipinski definition) is 1. The van der Waals surface area contributed by atoms with Gasteiger partial charge in [-0.2, -0.15) is 0 Å². The van der Waals surface area contributed by atoms with Gasteiger partial charge in [0.1, 0.15) is 0 Å². The molecule has 2 nitrogen and oxygen atoms in total. The lowest BCUT2D eigenvalue weighted by atomic mass is 9.80. The van der Waals surface area contributed by atoms with E-state index in [1.165, 1.54) is 0 Å². The Hall–Kier alpha value is -0.630. The third-order valence-electron chi connectivity index (χ3n) is 2.75. The maximum absolute atomic E-state index is 11.1. The van der Waals surface area contributed by atoms with Gasteiger partial charge in [-0.3, -0.25) is 4.79 Å². The van der Waals surface area contributed by atoms with E-state index in [2.05, 4.69) is 0 Å². The number of aliphatic hydroxyl groups is 1. The van der Waals surface area contributed by atoms with E-state index in [1.54, 1.807) is 6.08 Å². The zero-order valence-corrected chi connectivity index (χ0v) is 6.36. The Morgan fingerprint density at radius 1 is 1.45 bits per heavy atom. The first kappa shape index (κ1) is 7.04. The summed E-state index contributed by atoms with van der Waals surface area (Å²) < 4.78 is 0. The van der Waals surface area contributed by atoms with E-state index in [1.807, 2.05) is 6.08 Å². The molecule has 60 valence electrons. The molecule has 0 bridgehead atoms.